The highest BCUT2D eigenvalue weighted by Crippen LogP contribution is 2.03. The monoisotopic (exact) mass is 207 g/mol. The Bertz CT molecular complexity index is 162. The van der Waals surface area contributed by atoms with E-state index in [1.165, 1.54) is 0 Å². The number of hydrogen-bond acceptors (Lipinski definition) is 2. The Morgan fingerprint density at radius 1 is 1.54 bits per heavy atom. The van der Waals surface area contributed by atoms with E-state index in [9.17, 15) is 4.79 Å². The highest BCUT2D eigenvalue weighted by molar-refractivity contribution is 6.29. The van der Waals surface area contributed by atoms with Crippen molar-refractivity contribution >= 4 is 17.6 Å². The van der Waals surface area contributed by atoms with Crippen LogP contribution in [-0.4, -0.2) is 41.5 Å². The van der Waals surface area contributed by atoms with Gasteiger partial charge in [0.05, 0.1) is 0 Å². The number of alkyl halides is 1. The summed E-state index contributed by atoms with van der Waals surface area (Å²) in [4.78, 5) is 12.4. The van der Waals surface area contributed by atoms with Crippen molar-refractivity contribution in [3.05, 3.63) is 0 Å². The van der Waals surface area contributed by atoms with Gasteiger partial charge in [0.2, 0.25) is 0 Å². The third kappa shape index (κ3) is 6.84. The summed E-state index contributed by atoms with van der Waals surface area (Å²) in [5, 5.41) is 7.76. The van der Waals surface area contributed by atoms with Gasteiger partial charge in [0.15, 0.2) is 0 Å². The van der Waals surface area contributed by atoms with Crippen molar-refractivity contribution in [2.24, 2.45) is 5.92 Å². The van der Waals surface area contributed by atoms with E-state index in [0.717, 1.165) is 13.0 Å². The van der Waals surface area contributed by atoms with Crippen LogP contribution in [0, 0.1) is 5.92 Å². The maximum Gasteiger partial charge on any atom is 0.322 e. The molecule has 0 aliphatic rings. The number of carbonyl (C=O) groups is 1. The second-order valence-electron chi connectivity index (χ2n) is 3.75. The summed E-state index contributed by atoms with van der Waals surface area (Å²) in [5.41, 5.74) is 0. The Morgan fingerprint density at radius 3 is 2.46 bits per heavy atom. The summed E-state index contributed by atoms with van der Waals surface area (Å²) in [7, 11) is 1.89. The Hall–Kier alpha value is -0.280. The average molecular weight is 208 g/mol. The van der Waals surface area contributed by atoms with Gasteiger partial charge in [-0.25, -0.2) is 0 Å². The minimum absolute atomic E-state index is 0.406. The van der Waals surface area contributed by atoms with E-state index < -0.39 is 11.3 Å². The summed E-state index contributed by atoms with van der Waals surface area (Å²) in [6.45, 7) is 5.59. The summed E-state index contributed by atoms with van der Waals surface area (Å²) in [6.07, 6.45) is 1.07. The topological polar surface area (TPSA) is 40.5 Å². The quantitative estimate of drug-likeness (QED) is 0.674. The first-order valence-corrected chi connectivity index (χ1v) is 4.92. The molecule has 0 rings (SSSR count). The Labute approximate surface area is 84.7 Å². The predicted molar refractivity (Wildman–Crippen MR) is 54.2 cm³/mol. The predicted octanol–water partition coefficient (Wildman–Crippen LogP) is 1.66. The lowest BCUT2D eigenvalue weighted by atomic mass is 10.1. The van der Waals surface area contributed by atoms with Crippen LogP contribution in [0.4, 0.5) is 0 Å². The van der Waals surface area contributed by atoms with Crippen molar-refractivity contribution < 1.29 is 9.90 Å². The molecule has 78 valence electrons. The molecule has 0 spiro atoms. The summed E-state index contributed by atoms with van der Waals surface area (Å²) < 4.78 is 0. The SMILES string of the molecule is CC(C)CCN(C)CC(Cl)C(=O)O. The summed E-state index contributed by atoms with van der Waals surface area (Å²) in [5.74, 6) is -0.306. The van der Waals surface area contributed by atoms with Crippen molar-refractivity contribution in [3.63, 3.8) is 0 Å². The van der Waals surface area contributed by atoms with E-state index in [1.807, 2.05) is 11.9 Å². The summed E-state index contributed by atoms with van der Waals surface area (Å²) >= 11 is 5.58. The molecule has 0 aliphatic heterocycles. The number of aliphatic carboxylic acids is 1. The molecule has 0 bridgehead atoms. The number of carboxylic acids is 1. The van der Waals surface area contributed by atoms with Crippen molar-refractivity contribution in [3.8, 4) is 0 Å². The molecule has 0 saturated heterocycles. The zero-order valence-corrected chi connectivity index (χ0v) is 9.21. The molecule has 0 heterocycles. The lowest BCUT2D eigenvalue weighted by molar-refractivity contribution is -0.136. The van der Waals surface area contributed by atoms with Crippen molar-refractivity contribution in [2.45, 2.75) is 25.6 Å². The van der Waals surface area contributed by atoms with Gasteiger partial charge in [0.1, 0.15) is 5.38 Å². The average Bonchev–Trinajstić information content (AvgIpc) is 2.00. The number of nitrogens with zero attached hydrogens (tertiary/aromatic N) is 1. The van der Waals surface area contributed by atoms with Gasteiger partial charge in [0, 0.05) is 6.54 Å². The molecule has 0 aliphatic carbocycles. The lowest BCUT2D eigenvalue weighted by Crippen LogP contribution is -2.32. The van der Waals surface area contributed by atoms with E-state index in [1.54, 1.807) is 0 Å². The van der Waals surface area contributed by atoms with Gasteiger partial charge >= 0.3 is 5.97 Å². The largest absolute Gasteiger partial charge is 0.480 e. The first kappa shape index (κ1) is 12.7. The van der Waals surface area contributed by atoms with Gasteiger partial charge < -0.3 is 10.0 Å². The number of carboxylic acid groups (broad SMARTS) is 1. The number of hydrogen-bond donors (Lipinski definition) is 1. The lowest BCUT2D eigenvalue weighted by Gasteiger charge is -2.18. The second-order valence-corrected chi connectivity index (χ2v) is 4.28. The highest BCUT2D eigenvalue weighted by Gasteiger charge is 2.15. The fraction of sp³-hybridized carbons (Fsp3) is 0.889. The van der Waals surface area contributed by atoms with E-state index in [2.05, 4.69) is 13.8 Å². The van der Waals surface area contributed by atoms with Crippen LogP contribution in [0.1, 0.15) is 20.3 Å². The molecule has 0 aromatic carbocycles. The zero-order chi connectivity index (χ0) is 10.4. The van der Waals surface area contributed by atoms with Crippen molar-refractivity contribution in [1.82, 2.24) is 4.90 Å². The smallest absolute Gasteiger partial charge is 0.322 e. The maximum absolute atomic E-state index is 10.4. The molecule has 1 atom stereocenters. The van der Waals surface area contributed by atoms with Crippen molar-refractivity contribution in [1.29, 1.82) is 0 Å². The molecule has 0 amide bonds. The van der Waals surface area contributed by atoms with Crippen molar-refractivity contribution in [2.75, 3.05) is 20.1 Å². The Balaban J connectivity index is 3.61. The summed E-state index contributed by atoms with van der Waals surface area (Å²) in [6, 6.07) is 0. The first-order chi connectivity index (χ1) is 5.93. The van der Waals surface area contributed by atoms with Crippen LogP contribution in [0.5, 0.6) is 0 Å². The van der Waals surface area contributed by atoms with Gasteiger partial charge in [-0.1, -0.05) is 13.8 Å². The normalized spacial score (nSPS) is 13.7. The first-order valence-electron chi connectivity index (χ1n) is 4.49. The number of halogens is 1. The van der Waals surface area contributed by atoms with Crippen LogP contribution >= 0.6 is 11.6 Å². The third-order valence-electron chi connectivity index (χ3n) is 1.83. The minimum atomic E-state index is -0.946. The van der Waals surface area contributed by atoms with Crippen LogP contribution < -0.4 is 0 Å². The maximum atomic E-state index is 10.4. The second kappa shape index (κ2) is 6.22. The van der Waals surface area contributed by atoms with Gasteiger partial charge in [-0.3, -0.25) is 4.79 Å². The standard InChI is InChI=1S/C9H18ClNO2/c1-7(2)4-5-11(3)6-8(10)9(12)13/h7-8H,4-6H2,1-3H3,(H,12,13). The molecule has 0 saturated carbocycles. The fourth-order valence-electron chi connectivity index (χ4n) is 0.922. The van der Waals surface area contributed by atoms with Gasteiger partial charge in [-0.2, -0.15) is 0 Å². The molecule has 0 fully saturated rings. The molecule has 4 heteroatoms. The van der Waals surface area contributed by atoms with E-state index >= 15 is 0 Å². The molecule has 0 aromatic heterocycles. The highest BCUT2D eigenvalue weighted by atomic mass is 35.5. The van der Waals surface area contributed by atoms with Crippen LogP contribution in [0.15, 0.2) is 0 Å². The molecular formula is C9H18ClNO2. The third-order valence-corrected chi connectivity index (χ3v) is 2.15. The molecular weight excluding hydrogens is 190 g/mol. The Kier molecular flexibility index (Phi) is 6.08. The molecule has 0 aromatic rings. The number of rotatable bonds is 6. The van der Waals surface area contributed by atoms with E-state index in [0.29, 0.717) is 12.5 Å². The Morgan fingerprint density at radius 2 is 2.08 bits per heavy atom. The molecule has 1 N–H and O–H groups in total. The van der Waals surface area contributed by atoms with Crippen LogP contribution in [0.25, 0.3) is 0 Å². The molecule has 0 radical (unpaired) electrons. The molecule has 13 heavy (non-hydrogen) atoms. The van der Waals surface area contributed by atoms with E-state index in [-0.39, 0.29) is 0 Å². The van der Waals surface area contributed by atoms with Crippen LogP contribution in [0.3, 0.4) is 0 Å². The van der Waals surface area contributed by atoms with Crippen LogP contribution in [0.2, 0.25) is 0 Å². The minimum Gasteiger partial charge on any atom is -0.480 e. The molecule has 3 nitrogen and oxygen atoms in total. The zero-order valence-electron chi connectivity index (χ0n) is 8.46. The van der Waals surface area contributed by atoms with Gasteiger partial charge in [-0.05, 0) is 25.9 Å². The van der Waals surface area contributed by atoms with E-state index in [4.69, 9.17) is 16.7 Å². The fourth-order valence-corrected chi connectivity index (χ4v) is 1.16. The van der Waals surface area contributed by atoms with Crippen LogP contribution in [-0.2, 0) is 4.79 Å². The van der Waals surface area contributed by atoms with Gasteiger partial charge in [0.25, 0.3) is 0 Å². The van der Waals surface area contributed by atoms with Gasteiger partial charge in [-0.15, -0.1) is 11.6 Å². The molecule has 1 unspecified atom stereocenters.